The fraction of sp³-hybridized carbons (Fsp3) is 0.615. The first kappa shape index (κ1) is 23.1. The molecule has 5 nitrogen and oxygen atoms in total. The first-order valence-electron chi connectivity index (χ1n) is 11.6. The standard InChI is InChI=1S/C26H33NO4S/c1-17-5-7-18(8-6-17)23(28)27(19-9-13-26(14-10-19)16-31-26)21-15-20(11-12-25(2,3)4)32-22(21)24(29)30/h5,15,18-19H,6-10,13-14,16H2,1-4H3,(H,29,30). The summed E-state index contributed by atoms with van der Waals surface area (Å²) >= 11 is 1.17. The SMILES string of the molecule is CC1=CCC(C(=O)N(c2cc(C#CC(C)(C)C)sc2C(=O)O)C2CCC3(CC2)CO3)CC1. The van der Waals surface area contributed by atoms with Crippen molar-refractivity contribution in [1.29, 1.82) is 0 Å². The monoisotopic (exact) mass is 455 g/mol. The molecule has 1 atom stereocenters. The third-order valence-electron chi connectivity index (χ3n) is 6.74. The van der Waals surface area contributed by atoms with Crippen molar-refractivity contribution >= 4 is 28.9 Å². The normalized spacial score (nSPS) is 27.3. The number of hydrogen-bond donors (Lipinski definition) is 1. The van der Waals surface area contributed by atoms with Crippen molar-refractivity contribution in [2.75, 3.05) is 11.5 Å². The van der Waals surface area contributed by atoms with Gasteiger partial charge in [-0.2, -0.15) is 0 Å². The van der Waals surface area contributed by atoms with E-state index >= 15 is 0 Å². The van der Waals surface area contributed by atoms with E-state index in [0.717, 1.165) is 51.6 Å². The third kappa shape index (κ3) is 5.10. The number of amides is 1. The number of aromatic carboxylic acids is 1. The fourth-order valence-electron chi connectivity index (χ4n) is 4.68. The molecule has 0 radical (unpaired) electrons. The Labute approximate surface area is 194 Å². The van der Waals surface area contributed by atoms with E-state index in [2.05, 4.69) is 24.8 Å². The van der Waals surface area contributed by atoms with Crippen LogP contribution in [0.1, 0.15) is 87.2 Å². The molecule has 1 aromatic rings. The highest BCUT2D eigenvalue weighted by Gasteiger charge is 2.49. The summed E-state index contributed by atoms with van der Waals surface area (Å²) in [6.07, 6.45) is 8.15. The molecule has 2 heterocycles. The van der Waals surface area contributed by atoms with Gasteiger partial charge in [0, 0.05) is 17.4 Å². The van der Waals surface area contributed by atoms with Gasteiger partial charge in [0.25, 0.3) is 0 Å². The lowest BCUT2D eigenvalue weighted by molar-refractivity contribution is -0.123. The van der Waals surface area contributed by atoms with Gasteiger partial charge >= 0.3 is 5.97 Å². The second-order valence-electron chi connectivity index (χ2n) is 10.6. The van der Waals surface area contributed by atoms with E-state index < -0.39 is 5.97 Å². The average molecular weight is 456 g/mol. The summed E-state index contributed by atoms with van der Waals surface area (Å²) in [5.41, 5.74) is 1.68. The molecule has 172 valence electrons. The zero-order valence-electron chi connectivity index (χ0n) is 19.5. The quantitative estimate of drug-likeness (QED) is 0.363. The van der Waals surface area contributed by atoms with Crippen LogP contribution in [0.4, 0.5) is 5.69 Å². The molecular weight excluding hydrogens is 422 g/mol. The minimum absolute atomic E-state index is 0.000420. The van der Waals surface area contributed by atoms with Crippen molar-refractivity contribution in [2.24, 2.45) is 11.3 Å². The highest BCUT2D eigenvalue weighted by atomic mass is 32.1. The summed E-state index contributed by atoms with van der Waals surface area (Å²) in [7, 11) is 0. The van der Waals surface area contributed by atoms with Gasteiger partial charge in [0.05, 0.1) is 22.8 Å². The predicted octanol–water partition coefficient (Wildman–Crippen LogP) is 5.63. The van der Waals surface area contributed by atoms with Crippen LogP contribution in [0.2, 0.25) is 0 Å². The summed E-state index contributed by atoms with van der Waals surface area (Å²) in [4.78, 5) is 28.7. The fourth-order valence-corrected chi connectivity index (χ4v) is 5.53. The maximum Gasteiger partial charge on any atom is 0.348 e. The molecule has 2 fully saturated rings. The molecular formula is C26H33NO4S. The predicted molar refractivity (Wildman–Crippen MR) is 127 cm³/mol. The maximum atomic E-state index is 13.8. The topological polar surface area (TPSA) is 70.1 Å². The van der Waals surface area contributed by atoms with Gasteiger partial charge in [0.2, 0.25) is 5.91 Å². The van der Waals surface area contributed by atoms with Gasteiger partial charge in [0.1, 0.15) is 4.88 Å². The summed E-state index contributed by atoms with van der Waals surface area (Å²) in [6.45, 7) is 9.00. The Morgan fingerprint density at radius 1 is 1.25 bits per heavy atom. The van der Waals surface area contributed by atoms with E-state index in [-0.39, 0.29) is 33.8 Å². The zero-order chi connectivity index (χ0) is 23.1. The molecule has 1 saturated heterocycles. The number of rotatable bonds is 4. The van der Waals surface area contributed by atoms with Crippen molar-refractivity contribution in [2.45, 2.75) is 84.3 Å². The summed E-state index contributed by atoms with van der Waals surface area (Å²) < 4.78 is 5.67. The van der Waals surface area contributed by atoms with Gasteiger partial charge in [-0.3, -0.25) is 4.79 Å². The zero-order valence-corrected chi connectivity index (χ0v) is 20.3. The smallest absolute Gasteiger partial charge is 0.348 e. The van der Waals surface area contributed by atoms with Gasteiger partial charge in [-0.05, 0) is 78.7 Å². The number of nitrogens with zero attached hydrogens (tertiary/aromatic N) is 1. The van der Waals surface area contributed by atoms with Crippen LogP contribution in [0.25, 0.3) is 0 Å². The highest BCUT2D eigenvalue weighted by molar-refractivity contribution is 7.15. The Kier molecular flexibility index (Phi) is 6.26. The summed E-state index contributed by atoms with van der Waals surface area (Å²) in [5, 5.41) is 9.97. The number of epoxide rings is 1. The molecule has 1 aliphatic heterocycles. The number of carbonyl (C=O) groups excluding carboxylic acids is 1. The number of carboxylic acid groups (broad SMARTS) is 1. The number of allylic oxidation sites excluding steroid dienone is 2. The van der Waals surface area contributed by atoms with Crippen LogP contribution in [0.15, 0.2) is 17.7 Å². The van der Waals surface area contributed by atoms with E-state index in [1.165, 1.54) is 16.9 Å². The minimum atomic E-state index is -0.996. The van der Waals surface area contributed by atoms with Gasteiger partial charge in [-0.1, -0.05) is 23.5 Å². The molecule has 4 rings (SSSR count). The lowest BCUT2D eigenvalue weighted by atomic mass is 9.83. The minimum Gasteiger partial charge on any atom is -0.477 e. The molecule has 2 aliphatic carbocycles. The second-order valence-corrected chi connectivity index (χ2v) is 11.6. The first-order chi connectivity index (χ1) is 15.1. The molecule has 1 saturated carbocycles. The molecule has 0 bridgehead atoms. The molecule has 3 aliphatic rings. The van der Waals surface area contributed by atoms with Gasteiger partial charge < -0.3 is 14.7 Å². The Hall–Kier alpha value is -2.10. The van der Waals surface area contributed by atoms with Crippen molar-refractivity contribution in [3.05, 3.63) is 27.5 Å². The Bertz CT molecular complexity index is 989. The van der Waals surface area contributed by atoms with Crippen molar-refractivity contribution < 1.29 is 19.4 Å². The van der Waals surface area contributed by atoms with Crippen LogP contribution in [-0.4, -0.2) is 35.2 Å². The summed E-state index contributed by atoms with van der Waals surface area (Å²) in [5.74, 6) is 5.30. The number of carbonyl (C=O) groups is 2. The van der Waals surface area contributed by atoms with Crippen molar-refractivity contribution in [3.8, 4) is 11.8 Å². The molecule has 32 heavy (non-hydrogen) atoms. The van der Waals surface area contributed by atoms with Crippen LogP contribution in [0, 0.1) is 23.2 Å². The van der Waals surface area contributed by atoms with E-state index in [0.29, 0.717) is 10.6 Å². The number of ether oxygens (including phenoxy) is 1. The molecule has 0 aromatic carbocycles. The second kappa shape index (κ2) is 8.68. The molecule has 1 unspecified atom stereocenters. The third-order valence-corrected chi connectivity index (χ3v) is 7.76. The lowest BCUT2D eigenvalue weighted by Crippen LogP contribution is -2.47. The van der Waals surface area contributed by atoms with E-state index in [9.17, 15) is 14.7 Å². The Morgan fingerprint density at radius 3 is 2.47 bits per heavy atom. The average Bonchev–Trinajstić information content (AvgIpc) is 3.35. The van der Waals surface area contributed by atoms with Gasteiger partial charge in [-0.25, -0.2) is 4.79 Å². The van der Waals surface area contributed by atoms with Crippen molar-refractivity contribution in [1.82, 2.24) is 0 Å². The Morgan fingerprint density at radius 2 is 1.94 bits per heavy atom. The molecule has 1 spiro atoms. The molecule has 6 heteroatoms. The van der Waals surface area contributed by atoms with E-state index in [1.54, 1.807) is 0 Å². The summed E-state index contributed by atoms with van der Waals surface area (Å²) in [6, 6.07) is 1.83. The molecule has 1 N–H and O–H groups in total. The molecule has 1 aromatic heterocycles. The van der Waals surface area contributed by atoms with Crippen molar-refractivity contribution in [3.63, 3.8) is 0 Å². The van der Waals surface area contributed by atoms with Gasteiger partial charge in [-0.15, -0.1) is 11.3 Å². The highest BCUT2D eigenvalue weighted by Crippen LogP contribution is 2.45. The van der Waals surface area contributed by atoms with Crippen LogP contribution in [0.5, 0.6) is 0 Å². The largest absolute Gasteiger partial charge is 0.477 e. The number of thiophene rings is 1. The number of anilines is 1. The lowest BCUT2D eigenvalue weighted by Gasteiger charge is -2.38. The van der Waals surface area contributed by atoms with Gasteiger partial charge in [0.15, 0.2) is 0 Å². The maximum absolute atomic E-state index is 13.8. The van der Waals surface area contributed by atoms with Crippen LogP contribution >= 0.6 is 11.3 Å². The van der Waals surface area contributed by atoms with Crippen LogP contribution in [0.3, 0.4) is 0 Å². The van der Waals surface area contributed by atoms with E-state index in [1.807, 2.05) is 31.7 Å². The number of hydrogen-bond acceptors (Lipinski definition) is 4. The number of carboxylic acids is 1. The van der Waals surface area contributed by atoms with Crippen LogP contribution in [-0.2, 0) is 9.53 Å². The molecule has 1 amide bonds. The van der Waals surface area contributed by atoms with E-state index in [4.69, 9.17) is 4.74 Å². The Balaban J connectivity index is 1.70. The van der Waals surface area contributed by atoms with Crippen LogP contribution < -0.4 is 4.90 Å². The first-order valence-corrected chi connectivity index (χ1v) is 12.4.